The van der Waals surface area contributed by atoms with Crippen molar-refractivity contribution in [1.82, 2.24) is 4.90 Å². The smallest absolute Gasteiger partial charge is 0.226 e. The number of carbonyl (C=O) groups excluding carboxylic acids is 1. The van der Waals surface area contributed by atoms with Gasteiger partial charge in [0.1, 0.15) is 5.37 Å². The van der Waals surface area contributed by atoms with Gasteiger partial charge in [-0.3, -0.25) is 4.79 Å². The lowest BCUT2D eigenvalue weighted by molar-refractivity contribution is -0.136. The first-order chi connectivity index (χ1) is 10.2. The van der Waals surface area contributed by atoms with Crippen molar-refractivity contribution in [2.45, 2.75) is 37.5 Å². The molecule has 1 aliphatic carbocycles. The molecule has 1 aromatic rings. The predicted octanol–water partition coefficient (Wildman–Crippen LogP) is 5.15. The number of hydrogen-bond donors (Lipinski definition) is 0. The Morgan fingerprint density at radius 2 is 1.95 bits per heavy atom. The third kappa shape index (κ3) is 3.20. The fraction of sp³-hybridized carbons (Fsp3) is 0.562. The molecule has 1 saturated carbocycles. The molecule has 0 spiro atoms. The molecule has 2 aliphatic rings. The first-order valence-corrected chi connectivity index (χ1v) is 9.35. The van der Waals surface area contributed by atoms with E-state index in [4.69, 9.17) is 23.2 Å². The maximum Gasteiger partial charge on any atom is 0.226 e. The number of carbonyl (C=O) groups is 1. The number of thioether (sulfide) groups is 1. The highest BCUT2D eigenvalue weighted by atomic mass is 35.5. The number of hydrogen-bond acceptors (Lipinski definition) is 2. The molecule has 1 atom stereocenters. The van der Waals surface area contributed by atoms with Crippen LogP contribution in [0.25, 0.3) is 0 Å². The number of benzene rings is 1. The molecule has 1 saturated heterocycles. The van der Waals surface area contributed by atoms with Gasteiger partial charge in [0.2, 0.25) is 5.91 Å². The van der Waals surface area contributed by atoms with E-state index in [1.165, 1.54) is 19.3 Å². The minimum Gasteiger partial charge on any atom is -0.325 e. The number of rotatable bonds is 2. The van der Waals surface area contributed by atoms with Gasteiger partial charge in [-0.1, -0.05) is 54.6 Å². The van der Waals surface area contributed by atoms with Gasteiger partial charge in [0.15, 0.2) is 0 Å². The van der Waals surface area contributed by atoms with Crippen LogP contribution < -0.4 is 0 Å². The Balaban J connectivity index is 1.81. The van der Waals surface area contributed by atoms with Crippen molar-refractivity contribution in [3.63, 3.8) is 0 Å². The van der Waals surface area contributed by atoms with Crippen LogP contribution in [0.3, 0.4) is 0 Å². The van der Waals surface area contributed by atoms with E-state index in [0.29, 0.717) is 16.0 Å². The van der Waals surface area contributed by atoms with Gasteiger partial charge in [0.25, 0.3) is 0 Å². The van der Waals surface area contributed by atoms with Gasteiger partial charge in [-0.25, -0.2) is 0 Å². The predicted molar refractivity (Wildman–Crippen MR) is 89.9 cm³/mol. The molecule has 1 unspecified atom stereocenters. The van der Waals surface area contributed by atoms with E-state index in [1.807, 2.05) is 17.0 Å². The average Bonchev–Trinajstić information content (AvgIpc) is 2.99. The number of amides is 1. The third-order valence-corrected chi connectivity index (χ3v) is 6.45. The minimum absolute atomic E-state index is 0.0191. The van der Waals surface area contributed by atoms with Crippen LogP contribution in [0, 0.1) is 5.92 Å². The Kier molecular flexibility index (Phi) is 5.03. The zero-order valence-corrected chi connectivity index (χ0v) is 14.2. The van der Waals surface area contributed by atoms with Gasteiger partial charge >= 0.3 is 0 Å². The Morgan fingerprint density at radius 1 is 1.19 bits per heavy atom. The van der Waals surface area contributed by atoms with Gasteiger partial charge in [-0.15, -0.1) is 11.8 Å². The summed E-state index contributed by atoms with van der Waals surface area (Å²) in [6.45, 7) is 0.813. The standard InChI is InChI=1S/C16H19Cl2NOS/c17-13-8-4-7-12(14(13)18)16-19(9-10-21-16)15(20)11-5-2-1-3-6-11/h4,7-8,11,16H,1-3,5-6,9-10H2. The fourth-order valence-electron chi connectivity index (χ4n) is 3.25. The molecule has 1 amide bonds. The maximum atomic E-state index is 12.8. The lowest BCUT2D eigenvalue weighted by Crippen LogP contribution is -2.36. The van der Waals surface area contributed by atoms with Crippen LogP contribution in [-0.4, -0.2) is 23.1 Å². The van der Waals surface area contributed by atoms with Gasteiger partial charge in [0, 0.05) is 23.8 Å². The molecule has 0 radical (unpaired) electrons. The summed E-state index contributed by atoms with van der Waals surface area (Å²) in [6.07, 6.45) is 5.70. The van der Waals surface area contributed by atoms with Crippen molar-refractivity contribution in [3.05, 3.63) is 33.8 Å². The molecule has 3 rings (SSSR count). The summed E-state index contributed by atoms with van der Waals surface area (Å²) in [5.41, 5.74) is 0.968. The van der Waals surface area contributed by atoms with Crippen molar-refractivity contribution in [2.24, 2.45) is 5.92 Å². The summed E-state index contributed by atoms with van der Waals surface area (Å²) < 4.78 is 0. The molecule has 2 nitrogen and oxygen atoms in total. The maximum absolute atomic E-state index is 12.8. The second-order valence-electron chi connectivity index (χ2n) is 5.73. The largest absolute Gasteiger partial charge is 0.325 e. The van der Waals surface area contributed by atoms with Gasteiger partial charge in [-0.05, 0) is 18.9 Å². The van der Waals surface area contributed by atoms with Gasteiger partial charge < -0.3 is 4.90 Å². The van der Waals surface area contributed by atoms with E-state index in [-0.39, 0.29) is 11.3 Å². The Hall–Kier alpha value is -0.380. The second-order valence-corrected chi connectivity index (χ2v) is 7.71. The van der Waals surface area contributed by atoms with E-state index in [9.17, 15) is 4.79 Å². The molecule has 5 heteroatoms. The lowest BCUT2D eigenvalue weighted by atomic mass is 9.88. The molecule has 0 N–H and O–H groups in total. The number of halogens is 2. The van der Waals surface area contributed by atoms with Crippen LogP contribution in [0.15, 0.2) is 18.2 Å². The summed E-state index contributed by atoms with van der Waals surface area (Å²) in [5.74, 6) is 1.48. The fourth-order valence-corrected chi connectivity index (χ4v) is 5.02. The highest BCUT2D eigenvalue weighted by Gasteiger charge is 2.35. The van der Waals surface area contributed by atoms with Crippen LogP contribution in [0.5, 0.6) is 0 Å². The van der Waals surface area contributed by atoms with Crippen molar-refractivity contribution in [2.75, 3.05) is 12.3 Å². The summed E-state index contributed by atoms with van der Waals surface area (Å²) >= 11 is 14.3. The van der Waals surface area contributed by atoms with E-state index in [0.717, 1.165) is 30.7 Å². The molecule has 21 heavy (non-hydrogen) atoms. The van der Waals surface area contributed by atoms with Crippen molar-refractivity contribution < 1.29 is 4.79 Å². The highest BCUT2D eigenvalue weighted by molar-refractivity contribution is 7.99. The van der Waals surface area contributed by atoms with E-state index in [1.54, 1.807) is 17.8 Å². The van der Waals surface area contributed by atoms with Crippen LogP contribution in [0.2, 0.25) is 10.0 Å². The first kappa shape index (κ1) is 15.5. The molecule has 114 valence electrons. The van der Waals surface area contributed by atoms with Crippen LogP contribution in [-0.2, 0) is 4.79 Å². The van der Waals surface area contributed by atoms with Crippen molar-refractivity contribution >= 4 is 40.9 Å². The quantitative estimate of drug-likeness (QED) is 0.740. The van der Waals surface area contributed by atoms with E-state index < -0.39 is 0 Å². The molecular formula is C16H19Cl2NOS. The van der Waals surface area contributed by atoms with Crippen LogP contribution >= 0.6 is 35.0 Å². The lowest BCUT2D eigenvalue weighted by Gasteiger charge is -2.30. The summed E-state index contributed by atoms with van der Waals surface area (Å²) in [6, 6.07) is 5.68. The molecule has 1 aromatic carbocycles. The second kappa shape index (κ2) is 6.80. The van der Waals surface area contributed by atoms with E-state index >= 15 is 0 Å². The number of nitrogens with zero attached hydrogens (tertiary/aromatic N) is 1. The summed E-state index contributed by atoms with van der Waals surface area (Å²) in [4.78, 5) is 14.8. The zero-order valence-electron chi connectivity index (χ0n) is 11.9. The molecule has 2 fully saturated rings. The molecule has 1 heterocycles. The average molecular weight is 344 g/mol. The highest BCUT2D eigenvalue weighted by Crippen LogP contribution is 2.44. The monoisotopic (exact) mass is 343 g/mol. The molecule has 1 aliphatic heterocycles. The molecule has 0 aromatic heterocycles. The Labute approximate surface area is 140 Å². The zero-order chi connectivity index (χ0) is 14.8. The van der Waals surface area contributed by atoms with Crippen LogP contribution in [0.1, 0.15) is 43.0 Å². The van der Waals surface area contributed by atoms with Crippen molar-refractivity contribution in [3.8, 4) is 0 Å². The topological polar surface area (TPSA) is 20.3 Å². The van der Waals surface area contributed by atoms with Gasteiger partial charge in [-0.2, -0.15) is 0 Å². The normalized spacial score (nSPS) is 23.5. The minimum atomic E-state index is 0.0191. The van der Waals surface area contributed by atoms with E-state index in [2.05, 4.69) is 0 Å². The molecule has 0 bridgehead atoms. The molecular weight excluding hydrogens is 325 g/mol. The SMILES string of the molecule is O=C(C1CCCCC1)N1CCSC1c1cccc(Cl)c1Cl. The third-order valence-electron chi connectivity index (χ3n) is 4.38. The first-order valence-electron chi connectivity index (χ1n) is 7.54. The van der Waals surface area contributed by atoms with Crippen molar-refractivity contribution in [1.29, 1.82) is 0 Å². The Morgan fingerprint density at radius 3 is 2.71 bits per heavy atom. The Bertz CT molecular complexity index is 531. The van der Waals surface area contributed by atoms with Gasteiger partial charge in [0.05, 0.1) is 10.0 Å². The summed E-state index contributed by atoms with van der Waals surface area (Å²) in [5, 5.41) is 1.16. The summed E-state index contributed by atoms with van der Waals surface area (Å²) in [7, 11) is 0. The van der Waals surface area contributed by atoms with Crippen LogP contribution in [0.4, 0.5) is 0 Å².